The van der Waals surface area contributed by atoms with Gasteiger partial charge >= 0.3 is 11.9 Å². The van der Waals surface area contributed by atoms with E-state index in [1.165, 1.54) is 0 Å². The number of carboxylic acid groups (broad SMARTS) is 1. The molecule has 0 aromatic rings. The lowest BCUT2D eigenvalue weighted by Crippen LogP contribution is -2.50. The van der Waals surface area contributed by atoms with E-state index in [9.17, 15) is 18.0 Å². The summed E-state index contributed by atoms with van der Waals surface area (Å²) in [6.45, 7) is 5.66. The molecule has 0 radical (unpaired) electrons. The Hall–Kier alpha value is -1.49. The highest BCUT2D eigenvalue weighted by Gasteiger charge is 2.26. The Bertz CT molecular complexity index is 551. The summed E-state index contributed by atoms with van der Waals surface area (Å²) in [5.41, 5.74) is 0. The van der Waals surface area contributed by atoms with Gasteiger partial charge in [-0.2, -0.15) is 8.42 Å². The number of esters is 1. The Kier molecular flexibility index (Phi) is 10.8. The van der Waals surface area contributed by atoms with Crippen molar-refractivity contribution in [2.75, 3.05) is 54.1 Å². The van der Waals surface area contributed by atoms with Crippen molar-refractivity contribution in [3.63, 3.8) is 0 Å². The molecule has 9 nitrogen and oxygen atoms in total. The molecule has 0 aliphatic rings. The molecular formula is C15H32N2O7S+2. The quantitative estimate of drug-likeness (QED) is 0.192. The number of carboxylic acids is 1. The Balaban J connectivity index is 0. The van der Waals surface area contributed by atoms with E-state index >= 15 is 0 Å². The molecule has 1 atom stereocenters. The van der Waals surface area contributed by atoms with Gasteiger partial charge in [-0.15, -0.1) is 0 Å². The van der Waals surface area contributed by atoms with Gasteiger partial charge in [-0.25, -0.2) is 9.59 Å². The number of hydrogen-bond donors (Lipinski definition) is 2. The van der Waals surface area contributed by atoms with Crippen LogP contribution in [0.2, 0.25) is 0 Å². The minimum Gasteiger partial charge on any atom is -0.477 e. The summed E-state index contributed by atoms with van der Waals surface area (Å²) in [5, 5.41) is 8.23. The third-order valence-corrected chi connectivity index (χ3v) is 3.99. The predicted molar refractivity (Wildman–Crippen MR) is 94.3 cm³/mol. The van der Waals surface area contributed by atoms with Crippen LogP contribution in [0.3, 0.4) is 0 Å². The number of nitrogens with zero attached hydrogens (tertiary/aromatic N) is 2. The van der Waals surface area contributed by atoms with E-state index in [0.717, 1.165) is 6.08 Å². The van der Waals surface area contributed by atoms with Crippen molar-refractivity contribution < 1.29 is 41.4 Å². The summed E-state index contributed by atoms with van der Waals surface area (Å²) in [5.74, 6) is -1.56. The van der Waals surface area contributed by atoms with Gasteiger partial charge in [0.25, 0.3) is 10.1 Å². The zero-order valence-corrected chi connectivity index (χ0v) is 16.7. The van der Waals surface area contributed by atoms with E-state index in [1.807, 2.05) is 35.2 Å². The third kappa shape index (κ3) is 17.1. The first-order valence-electron chi connectivity index (χ1n) is 7.63. The summed E-state index contributed by atoms with van der Waals surface area (Å²) >= 11 is 0. The molecule has 1 unspecified atom stereocenters. The molecule has 2 N–H and O–H groups in total. The van der Waals surface area contributed by atoms with Crippen LogP contribution in [0.4, 0.5) is 0 Å². The van der Waals surface area contributed by atoms with Crippen LogP contribution < -0.4 is 0 Å². The number of likely N-dealkylation sites (N-methyl/N-ethyl adjacent to an activating group) is 1. The molecule has 0 amide bonds. The average Bonchev–Trinajstić information content (AvgIpc) is 2.34. The monoisotopic (exact) mass is 384 g/mol. The molecule has 148 valence electrons. The Morgan fingerprint density at radius 2 is 1.68 bits per heavy atom. The number of carbonyl (C=O) groups is 2. The first-order chi connectivity index (χ1) is 11.0. The van der Waals surface area contributed by atoms with Gasteiger partial charge < -0.3 is 14.3 Å². The summed E-state index contributed by atoms with van der Waals surface area (Å²) < 4.78 is 35.6. The maximum absolute atomic E-state index is 11.0. The van der Waals surface area contributed by atoms with Crippen LogP contribution in [0.5, 0.6) is 0 Å². The predicted octanol–water partition coefficient (Wildman–Crippen LogP) is 0.193. The fourth-order valence-corrected chi connectivity index (χ4v) is 2.09. The SMILES string of the molecule is C=CC(=O)OC(C)[N+](C)(C)CCCS(=O)(=O)O.C[N+](C)(C)CC(=O)O. The average molecular weight is 384 g/mol. The van der Waals surface area contributed by atoms with Crippen molar-refractivity contribution in [1.29, 1.82) is 0 Å². The topological polar surface area (TPSA) is 118 Å². The Morgan fingerprint density at radius 1 is 1.20 bits per heavy atom. The van der Waals surface area contributed by atoms with Crippen molar-refractivity contribution in [3.8, 4) is 0 Å². The van der Waals surface area contributed by atoms with E-state index in [0.29, 0.717) is 21.9 Å². The second-order valence-electron chi connectivity index (χ2n) is 7.22. The van der Waals surface area contributed by atoms with Crippen molar-refractivity contribution >= 4 is 22.1 Å². The molecule has 0 aromatic heterocycles. The maximum Gasteiger partial charge on any atom is 0.359 e. The van der Waals surface area contributed by atoms with Gasteiger partial charge in [-0.1, -0.05) is 6.58 Å². The summed E-state index contributed by atoms with van der Waals surface area (Å²) in [4.78, 5) is 21.0. The summed E-state index contributed by atoms with van der Waals surface area (Å²) in [6.07, 6.45) is 0.957. The number of aliphatic carboxylic acids is 1. The molecule has 0 aliphatic heterocycles. The summed E-state index contributed by atoms with van der Waals surface area (Å²) in [7, 11) is 5.21. The molecule has 0 saturated carbocycles. The van der Waals surface area contributed by atoms with Crippen LogP contribution >= 0.6 is 0 Å². The van der Waals surface area contributed by atoms with Crippen LogP contribution in [-0.4, -0.2) is 99.3 Å². The van der Waals surface area contributed by atoms with Crippen LogP contribution in [0.25, 0.3) is 0 Å². The zero-order valence-electron chi connectivity index (χ0n) is 15.9. The van der Waals surface area contributed by atoms with Crippen molar-refractivity contribution in [2.45, 2.75) is 19.6 Å². The number of carbonyl (C=O) groups excluding carboxylic acids is 1. The first-order valence-corrected chi connectivity index (χ1v) is 9.24. The van der Waals surface area contributed by atoms with E-state index in [-0.39, 0.29) is 12.3 Å². The Morgan fingerprint density at radius 3 is 1.96 bits per heavy atom. The molecule has 0 spiro atoms. The molecule has 10 heteroatoms. The van der Waals surface area contributed by atoms with Gasteiger partial charge in [-0.05, 0) is 0 Å². The van der Waals surface area contributed by atoms with Gasteiger partial charge in [0.05, 0.1) is 47.5 Å². The molecule has 0 fully saturated rings. The van der Waals surface area contributed by atoms with Crippen molar-refractivity contribution in [1.82, 2.24) is 0 Å². The van der Waals surface area contributed by atoms with Crippen LogP contribution in [0.15, 0.2) is 12.7 Å². The third-order valence-electron chi connectivity index (χ3n) is 3.18. The lowest BCUT2D eigenvalue weighted by Gasteiger charge is -2.34. The largest absolute Gasteiger partial charge is 0.477 e. The standard InChI is InChI=1S/C10H19NO5S.C5H11NO2/c1-5-10(12)16-9(2)11(3,4)7-6-8-17(13,14)15;1-6(2,3)4-5(7)8/h5,9H,1,6-8H2,2-4H3;4H2,1-3H3/p+2. The molecule has 0 rings (SSSR count). The zero-order chi connectivity index (χ0) is 20.5. The van der Waals surface area contributed by atoms with Crippen molar-refractivity contribution in [2.24, 2.45) is 0 Å². The fraction of sp³-hybridized carbons (Fsp3) is 0.733. The van der Waals surface area contributed by atoms with E-state index in [4.69, 9.17) is 14.4 Å². The van der Waals surface area contributed by atoms with E-state index < -0.39 is 28.3 Å². The van der Waals surface area contributed by atoms with Crippen LogP contribution in [-0.2, 0) is 24.4 Å². The maximum atomic E-state index is 11.0. The molecular weight excluding hydrogens is 352 g/mol. The molecule has 0 heterocycles. The van der Waals surface area contributed by atoms with Gasteiger partial charge in [-0.3, -0.25) is 9.04 Å². The highest BCUT2D eigenvalue weighted by molar-refractivity contribution is 7.85. The minimum atomic E-state index is -3.93. The van der Waals surface area contributed by atoms with Crippen LogP contribution in [0.1, 0.15) is 13.3 Å². The number of hydrogen-bond acceptors (Lipinski definition) is 5. The fourth-order valence-electron chi connectivity index (χ4n) is 1.60. The Labute approximate surface area is 150 Å². The van der Waals surface area contributed by atoms with Crippen LogP contribution in [0, 0.1) is 0 Å². The van der Waals surface area contributed by atoms with Crippen molar-refractivity contribution in [3.05, 3.63) is 12.7 Å². The highest BCUT2D eigenvalue weighted by atomic mass is 32.2. The second-order valence-corrected chi connectivity index (χ2v) is 8.80. The molecule has 25 heavy (non-hydrogen) atoms. The molecule has 0 aromatic carbocycles. The minimum absolute atomic E-state index is 0.181. The van der Waals surface area contributed by atoms with Gasteiger partial charge in [0, 0.05) is 19.4 Å². The van der Waals surface area contributed by atoms with E-state index in [1.54, 1.807) is 6.92 Å². The molecule has 0 bridgehead atoms. The number of quaternary nitrogens is 2. The van der Waals surface area contributed by atoms with E-state index in [2.05, 4.69) is 6.58 Å². The van der Waals surface area contributed by atoms with Gasteiger partial charge in [0.1, 0.15) is 0 Å². The van der Waals surface area contributed by atoms with Gasteiger partial charge in [0.15, 0.2) is 6.54 Å². The molecule has 0 saturated heterocycles. The first kappa shape index (κ1) is 25.7. The van der Waals surface area contributed by atoms with Gasteiger partial charge in [0.2, 0.25) is 6.23 Å². The normalized spacial score (nSPS) is 13.2. The number of ether oxygens (including phenoxy) is 1. The lowest BCUT2D eigenvalue weighted by atomic mass is 10.3. The highest BCUT2D eigenvalue weighted by Crippen LogP contribution is 2.10. The molecule has 0 aliphatic carbocycles. The summed E-state index contributed by atoms with van der Waals surface area (Å²) in [6, 6.07) is 0. The second kappa shape index (κ2) is 10.5. The lowest BCUT2D eigenvalue weighted by molar-refractivity contribution is -0.932. The number of rotatable bonds is 9. The smallest absolute Gasteiger partial charge is 0.359 e.